The predicted octanol–water partition coefficient (Wildman–Crippen LogP) is 7.07. The van der Waals surface area contributed by atoms with Gasteiger partial charge in [-0.25, -0.2) is 0 Å². The van der Waals surface area contributed by atoms with Gasteiger partial charge >= 0.3 is 0 Å². The highest BCUT2D eigenvalue weighted by Gasteiger charge is 2.46. The number of rotatable bonds is 6. The summed E-state index contributed by atoms with van der Waals surface area (Å²) < 4.78 is 12.3. The van der Waals surface area contributed by atoms with Gasteiger partial charge in [0.25, 0.3) is 5.91 Å². The van der Waals surface area contributed by atoms with Crippen LogP contribution in [0.15, 0.2) is 57.3 Å². The molecular formula is C34H39BrN2O5. The lowest BCUT2D eigenvalue weighted by molar-refractivity contribution is -0.119. The zero-order valence-electron chi connectivity index (χ0n) is 25.4. The van der Waals surface area contributed by atoms with Crippen molar-refractivity contribution in [3.05, 3.63) is 74.0 Å². The average Bonchev–Trinajstić information content (AvgIpc) is 2.87. The minimum absolute atomic E-state index is 0.0569. The van der Waals surface area contributed by atoms with E-state index < -0.39 is 5.92 Å². The SMILES string of the molecule is COc1cc(C2C3=C(CC(C)(C)CC3=O)NC3=C2C(=O)CC(C)(C)C3)cc(Br)c1OCC(=O)Nc1cc(C)ccc1C. The zero-order valence-corrected chi connectivity index (χ0v) is 27.0. The normalized spacial score (nSPS) is 19.6. The molecule has 7 nitrogen and oxygen atoms in total. The lowest BCUT2D eigenvalue weighted by Crippen LogP contribution is -2.42. The fourth-order valence-electron chi connectivity index (χ4n) is 6.46. The molecule has 0 spiro atoms. The summed E-state index contributed by atoms with van der Waals surface area (Å²) in [5, 5.41) is 6.46. The molecule has 1 heterocycles. The first-order valence-corrected chi connectivity index (χ1v) is 15.1. The summed E-state index contributed by atoms with van der Waals surface area (Å²) in [6.07, 6.45) is 2.29. The molecule has 3 aliphatic rings. The van der Waals surface area contributed by atoms with Crippen LogP contribution in [0, 0.1) is 24.7 Å². The number of dihydropyridines is 1. The molecule has 1 amide bonds. The van der Waals surface area contributed by atoms with Gasteiger partial charge in [0.2, 0.25) is 0 Å². The Morgan fingerprint density at radius 1 is 0.952 bits per heavy atom. The molecule has 2 aliphatic carbocycles. The molecule has 5 rings (SSSR count). The van der Waals surface area contributed by atoms with E-state index in [1.165, 1.54) is 7.11 Å². The second-order valence-corrected chi connectivity index (χ2v) is 14.3. The van der Waals surface area contributed by atoms with Crippen LogP contribution in [0.25, 0.3) is 0 Å². The van der Waals surface area contributed by atoms with Crippen molar-refractivity contribution in [1.82, 2.24) is 5.32 Å². The van der Waals surface area contributed by atoms with Gasteiger partial charge in [-0.2, -0.15) is 0 Å². The Hall–Kier alpha value is -3.39. The fourth-order valence-corrected chi connectivity index (χ4v) is 7.04. The molecule has 0 fully saturated rings. The Labute approximate surface area is 256 Å². The van der Waals surface area contributed by atoms with Crippen molar-refractivity contribution in [1.29, 1.82) is 0 Å². The van der Waals surface area contributed by atoms with E-state index in [1.54, 1.807) is 0 Å². The van der Waals surface area contributed by atoms with Crippen LogP contribution in [0.3, 0.4) is 0 Å². The van der Waals surface area contributed by atoms with E-state index in [0.29, 0.717) is 40.0 Å². The number of carbonyl (C=O) groups is 3. The van der Waals surface area contributed by atoms with Crippen LogP contribution >= 0.6 is 15.9 Å². The van der Waals surface area contributed by atoms with E-state index in [0.717, 1.165) is 46.6 Å². The minimum Gasteiger partial charge on any atom is -0.493 e. The van der Waals surface area contributed by atoms with Crippen LogP contribution in [-0.2, 0) is 14.4 Å². The summed E-state index contributed by atoms with van der Waals surface area (Å²) in [7, 11) is 1.54. The molecule has 8 heteroatoms. The topological polar surface area (TPSA) is 93.7 Å². The van der Waals surface area contributed by atoms with Crippen molar-refractivity contribution < 1.29 is 23.9 Å². The van der Waals surface area contributed by atoms with Crippen molar-refractivity contribution in [3.63, 3.8) is 0 Å². The number of ether oxygens (including phenoxy) is 2. The number of halogens is 1. The molecule has 0 bridgehead atoms. The summed E-state index contributed by atoms with van der Waals surface area (Å²) in [6, 6.07) is 9.59. The molecule has 0 radical (unpaired) electrons. The van der Waals surface area contributed by atoms with Crippen LogP contribution in [0.4, 0.5) is 5.69 Å². The van der Waals surface area contributed by atoms with Crippen molar-refractivity contribution in [2.24, 2.45) is 10.8 Å². The van der Waals surface area contributed by atoms with Crippen LogP contribution in [0.5, 0.6) is 11.5 Å². The molecule has 0 unspecified atom stereocenters. The maximum Gasteiger partial charge on any atom is 0.262 e. The lowest BCUT2D eigenvalue weighted by Gasteiger charge is -2.44. The summed E-state index contributed by atoms with van der Waals surface area (Å²) in [5.74, 6) is 0.101. The van der Waals surface area contributed by atoms with Gasteiger partial charge in [0.1, 0.15) is 0 Å². The number of aryl methyl sites for hydroxylation is 2. The van der Waals surface area contributed by atoms with Crippen molar-refractivity contribution in [2.45, 2.75) is 73.1 Å². The van der Waals surface area contributed by atoms with E-state index in [9.17, 15) is 14.4 Å². The first kappa shape index (κ1) is 30.1. The monoisotopic (exact) mass is 634 g/mol. The summed E-state index contributed by atoms with van der Waals surface area (Å²) in [6.45, 7) is 12.1. The average molecular weight is 636 g/mol. The molecule has 222 valence electrons. The van der Waals surface area contributed by atoms with Crippen LogP contribution in [0.1, 0.15) is 76.0 Å². The minimum atomic E-state index is -0.504. The summed E-state index contributed by atoms with van der Waals surface area (Å²) >= 11 is 3.63. The third-order valence-electron chi connectivity index (χ3n) is 8.32. The molecule has 42 heavy (non-hydrogen) atoms. The van der Waals surface area contributed by atoms with Gasteiger partial charge in [-0.05, 0) is 88.3 Å². The van der Waals surface area contributed by atoms with Gasteiger partial charge in [-0.15, -0.1) is 0 Å². The van der Waals surface area contributed by atoms with E-state index in [2.05, 4.69) is 54.3 Å². The largest absolute Gasteiger partial charge is 0.493 e. The second-order valence-electron chi connectivity index (χ2n) is 13.4. The highest BCUT2D eigenvalue weighted by molar-refractivity contribution is 9.10. The number of anilines is 1. The van der Waals surface area contributed by atoms with E-state index in [-0.39, 0.29) is 34.9 Å². The maximum atomic E-state index is 13.7. The number of benzene rings is 2. The molecule has 1 aliphatic heterocycles. The molecule has 2 aromatic carbocycles. The van der Waals surface area contributed by atoms with Crippen molar-refractivity contribution >= 4 is 39.1 Å². The van der Waals surface area contributed by atoms with Gasteiger partial charge in [-0.3, -0.25) is 14.4 Å². The number of carbonyl (C=O) groups excluding carboxylic acids is 3. The molecule has 2 N–H and O–H groups in total. The van der Waals surface area contributed by atoms with E-state index in [4.69, 9.17) is 9.47 Å². The number of hydrogen-bond acceptors (Lipinski definition) is 6. The van der Waals surface area contributed by atoms with Crippen molar-refractivity contribution in [2.75, 3.05) is 19.0 Å². The van der Waals surface area contributed by atoms with Gasteiger partial charge in [0.15, 0.2) is 29.7 Å². The van der Waals surface area contributed by atoms with Crippen molar-refractivity contribution in [3.8, 4) is 11.5 Å². The first-order chi connectivity index (χ1) is 19.7. The highest BCUT2D eigenvalue weighted by atomic mass is 79.9. The Morgan fingerprint density at radius 2 is 1.55 bits per heavy atom. The predicted molar refractivity (Wildman–Crippen MR) is 167 cm³/mol. The quantitative estimate of drug-likeness (QED) is 0.353. The fraction of sp³-hybridized carbons (Fsp3) is 0.441. The summed E-state index contributed by atoms with van der Waals surface area (Å²) in [5.41, 5.74) is 6.31. The number of Topliss-reactive ketones (excluding diaryl/α,β-unsaturated/α-hetero) is 2. The zero-order chi connectivity index (χ0) is 30.6. The van der Waals surface area contributed by atoms with Gasteiger partial charge in [0.05, 0.1) is 11.6 Å². The molecule has 0 saturated heterocycles. The van der Waals surface area contributed by atoms with Crippen LogP contribution in [0.2, 0.25) is 0 Å². The Morgan fingerprint density at radius 3 is 2.12 bits per heavy atom. The first-order valence-electron chi connectivity index (χ1n) is 14.3. The van der Waals surface area contributed by atoms with Gasteiger partial charge in [0, 0.05) is 47.0 Å². The standard InChI is InChI=1S/C34H39BrN2O5/c1-18-8-9-19(2)22(10-18)37-28(40)17-42-32-21(35)11-20(12-27(32)41-7)29-30-23(13-33(3,4)15-25(30)38)36-24-14-34(5,6)16-26(39)31(24)29/h8-12,29,36H,13-17H2,1-7H3,(H,37,40). The second kappa shape index (κ2) is 11.0. The molecular weight excluding hydrogens is 596 g/mol. The number of amides is 1. The third-order valence-corrected chi connectivity index (χ3v) is 8.91. The van der Waals surface area contributed by atoms with Gasteiger partial charge in [-0.1, -0.05) is 39.8 Å². The Kier molecular flexibility index (Phi) is 7.90. The van der Waals surface area contributed by atoms with E-state index >= 15 is 0 Å². The Balaban J connectivity index is 1.50. The van der Waals surface area contributed by atoms with Gasteiger partial charge < -0.3 is 20.1 Å². The Bertz CT molecular complexity index is 1510. The van der Waals surface area contributed by atoms with Crippen LogP contribution in [-0.4, -0.2) is 31.2 Å². The number of nitrogens with one attached hydrogen (secondary N) is 2. The number of hydrogen-bond donors (Lipinski definition) is 2. The number of ketones is 2. The molecule has 0 atom stereocenters. The number of allylic oxidation sites excluding steroid dienone is 4. The molecule has 2 aromatic rings. The summed E-state index contributed by atoms with van der Waals surface area (Å²) in [4.78, 5) is 40.1. The lowest BCUT2D eigenvalue weighted by atomic mass is 9.64. The maximum absolute atomic E-state index is 13.7. The highest BCUT2D eigenvalue weighted by Crippen LogP contribution is 2.52. The molecule has 0 saturated carbocycles. The smallest absolute Gasteiger partial charge is 0.262 e. The third kappa shape index (κ3) is 5.91. The van der Waals surface area contributed by atoms with E-state index in [1.807, 2.05) is 44.2 Å². The van der Waals surface area contributed by atoms with Crippen LogP contribution < -0.4 is 20.1 Å². The number of methoxy groups -OCH3 is 1. The molecule has 0 aromatic heterocycles.